The molecule has 0 saturated carbocycles. The average Bonchev–Trinajstić information content (AvgIpc) is 3.85. The number of allylic oxidation sites excluding steroid dienone is 4. The molecule has 0 fully saturated rings. The molecule has 286 valence electrons. The standard InChI is InChI=1S/C21H25.2C13H11.C5H5.CH2.2ClH.Zr/c1-20(2,3)16-7-9-18-14(12-16)11-15-13-17(21(4,5)6)8-10-19(15)18;2*1-3-7-12(8-4-1)11-13-9-5-2-6-10-13;1-2-4-5-3-1;;;;/h7-10,12H,11H2,1-6H3;2*1-11H;1-3H,4H2;1H2;2*1H;. The molecule has 0 unspecified atom stereocenters. The van der Waals surface area contributed by atoms with Crippen LogP contribution >= 0.6 is 24.8 Å². The predicted octanol–water partition coefficient (Wildman–Crippen LogP) is 13.9. The van der Waals surface area contributed by atoms with E-state index in [0.717, 1.165) is 12.8 Å². The molecule has 6 aromatic carbocycles. The second kappa shape index (κ2) is 15.8. The molecule has 56 heavy (non-hydrogen) atoms. The number of fused-ring (bicyclic) bond motifs is 3. The van der Waals surface area contributed by atoms with Crippen molar-refractivity contribution in [2.45, 2.75) is 72.5 Å². The van der Waals surface area contributed by atoms with E-state index >= 15 is 0 Å². The van der Waals surface area contributed by atoms with Crippen molar-refractivity contribution in [3.05, 3.63) is 218 Å². The van der Waals surface area contributed by atoms with E-state index in [1.54, 1.807) is 6.55 Å². The minimum atomic E-state index is -5.41. The topological polar surface area (TPSA) is 0 Å². The monoisotopic (exact) mass is 852 g/mol. The van der Waals surface area contributed by atoms with Crippen molar-refractivity contribution in [1.29, 1.82) is 0 Å². The first-order valence-corrected chi connectivity index (χ1v) is 26.8. The summed E-state index contributed by atoms with van der Waals surface area (Å²) in [6, 6.07) is 58.1. The third-order valence-corrected chi connectivity index (χ3v) is 31.4. The van der Waals surface area contributed by atoms with E-state index in [-0.39, 0.29) is 42.9 Å². The van der Waals surface area contributed by atoms with Crippen molar-refractivity contribution >= 4 is 32.3 Å². The summed E-state index contributed by atoms with van der Waals surface area (Å²) in [5.74, 6) is 0. The van der Waals surface area contributed by atoms with Gasteiger partial charge < -0.3 is 0 Å². The summed E-state index contributed by atoms with van der Waals surface area (Å²) in [4.78, 5) is 0. The maximum atomic E-state index is 6.23. The third kappa shape index (κ3) is 6.83. The summed E-state index contributed by atoms with van der Waals surface area (Å²) in [6.45, 7) is 14.3. The molecule has 0 N–H and O–H groups in total. The van der Waals surface area contributed by atoms with Gasteiger partial charge in [0.2, 0.25) is 0 Å². The second-order valence-corrected chi connectivity index (χ2v) is 31.7. The Hall–Kier alpha value is -3.87. The van der Waals surface area contributed by atoms with Crippen LogP contribution in [-0.4, -0.2) is 4.21 Å². The van der Waals surface area contributed by atoms with E-state index in [1.807, 2.05) is 0 Å². The fourth-order valence-electron chi connectivity index (χ4n) is 10.4. The van der Waals surface area contributed by atoms with Crippen molar-refractivity contribution in [2.24, 2.45) is 0 Å². The van der Waals surface area contributed by atoms with Crippen LogP contribution in [0.5, 0.6) is 0 Å². The predicted molar refractivity (Wildman–Crippen MR) is 245 cm³/mol. The van der Waals surface area contributed by atoms with Crippen LogP contribution in [0.3, 0.4) is 0 Å². The zero-order valence-electron chi connectivity index (χ0n) is 33.8. The van der Waals surface area contributed by atoms with Crippen molar-refractivity contribution in [1.82, 2.24) is 0 Å². The van der Waals surface area contributed by atoms with Gasteiger partial charge in [0.25, 0.3) is 0 Å². The Morgan fingerprint density at radius 2 is 0.982 bits per heavy atom. The van der Waals surface area contributed by atoms with Crippen molar-refractivity contribution in [2.75, 3.05) is 0 Å². The van der Waals surface area contributed by atoms with Crippen LogP contribution in [0.15, 0.2) is 173 Å². The van der Waals surface area contributed by atoms with Gasteiger partial charge >= 0.3 is 327 Å². The molecule has 0 bridgehead atoms. The first kappa shape index (κ1) is 41.8. The summed E-state index contributed by atoms with van der Waals surface area (Å²) in [6.07, 6.45) is 9.08. The molecule has 0 aliphatic heterocycles. The van der Waals surface area contributed by atoms with Crippen molar-refractivity contribution in [3.63, 3.8) is 0 Å². The Morgan fingerprint density at radius 3 is 1.38 bits per heavy atom. The van der Waals surface area contributed by atoms with E-state index in [2.05, 4.69) is 211 Å². The van der Waals surface area contributed by atoms with Gasteiger partial charge in [-0.15, -0.1) is 24.8 Å². The van der Waals surface area contributed by atoms with Gasteiger partial charge in [-0.1, -0.05) is 0 Å². The molecule has 0 spiro atoms. The zero-order chi connectivity index (χ0) is 37.7. The van der Waals surface area contributed by atoms with Gasteiger partial charge in [-0.25, -0.2) is 0 Å². The Labute approximate surface area is 349 Å². The molecule has 2 aliphatic carbocycles. The van der Waals surface area contributed by atoms with Crippen LogP contribution in [-0.2, 0) is 35.5 Å². The summed E-state index contributed by atoms with van der Waals surface area (Å²) in [5.41, 5.74) is 13.9. The summed E-state index contributed by atoms with van der Waals surface area (Å²) in [5, 5.41) is 0. The van der Waals surface area contributed by atoms with Gasteiger partial charge in [-0.2, -0.15) is 0 Å². The van der Waals surface area contributed by atoms with Gasteiger partial charge in [-0.05, 0) is 0 Å². The SMILES string of the molecule is Cl.Cl.[CH2]=[Zr]([C]1=CC=CC1)([c]1c(C(C)(C)C)ccc2c1Cc1cc(C(C)(C)C)ccc1-2)([CH](c1ccccc1)c1ccccc1)[CH](c1ccccc1)c1ccccc1. The van der Waals surface area contributed by atoms with Gasteiger partial charge in [0.1, 0.15) is 0 Å². The van der Waals surface area contributed by atoms with E-state index in [4.69, 9.17) is 4.21 Å². The molecule has 0 atom stereocenters. The summed E-state index contributed by atoms with van der Waals surface area (Å²) >= 11 is -5.41. The van der Waals surface area contributed by atoms with Gasteiger partial charge in [-0.3, -0.25) is 0 Å². The molecule has 0 saturated heterocycles. The number of rotatable bonds is 8. The van der Waals surface area contributed by atoms with Crippen LogP contribution < -0.4 is 3.27 Å². The molecule has 2 aliphatic rings. The normalized spacial score (nSPS) is 13.8. The van der Waals surface area contributed by atoms with Gasteiger partial charge in [0.05, 0.1) is 0 Å². The van der Waals surface area contributed by atoms with Crippen LogP contribution in [0.2, 0.25) is 0 Å². The number of hydrogen-bond acceptors (Lipinski definition) is 0. The van der Waals surface area contributed by atoms with E-state index in [1.165, 1.54) is 55.6 Å². The summed E-state index contributed by atoms with van der Waals surface area (Å²) in [7, 11) is 0. The fraction of sp³-hybridized carbons (Fsp3) is 0.226. The van der Waals surface area contributed by atoms with Crippen molar-refractivity contribution < 1.29 is 18.3 Å². The van der Waals surface area contributed by atoms with Gasteiger partial charge in [0.15, 0.2) is 0 Å². The average molecular weight is 855 g/mol. The first-order chi connectivity index (χ1) is 25.9. The molecule has 0 nitrogen and oxygen atoms in total. The fourth-order valence-corrected chi connectivity index (χ4v) is 32.3. The van der Waals surface area contributed by atoms with E-state index < -0.39 is 18.3 Å². The molecule has 0 aromatic heterocycles. The number of halogens is 2. The maximum absolute atomic E-state index is 6.23. The summed E-state index contributed by atoms with van der Waals surface area (Å²) < 4.78 is 9.46. The molecule has 0 heterocycles. The number of benzene rings is 6. The third-order valence-electron chi connectivity index (χ3n) is 12.7. The molecule has 8 rings (SSSR count). The Bertz CT molecular complexity index is 2280. The van der Waals surface area contributed by atoms with Crippen LogP contribution in [0.25, 0.3) is 11.1 Å². The number of hydrogen-bond donors (Lipinski definition) is 0. The minimum absolute atomic E-state index is 0. The van der Waals surface area contributed by atoms with Crippen LogP contribution in [0, 0.1) is 0 Å². The van der Waals surface area contributed by atoms with Crippen molar-refractivity contribution in [3.8, 4) is 11.1 Å². The quantitative estimate of drug-likeness (QED) is 0.143. The van der Waals surface area contributed by atoms with E-state index in [9.17, 15) is 0 Å². The second-order valence-electron chi connectivity index (χ2n) is 18.0. The Morgan fingerprint density at radius 1 is 0.536 bits per heavy atom. The molecule has 3 heteroatoms. The Balaban J connectivity index is 0.00000266. The zero-order valence-corrected chi connectivity index (χ0v) is 37.8. The van der Waals surface area contributed by atoms with Crippen LogP contribution in [0.1, 0.15) is 99.7 Å². The van der Waals surface area contributed by atoms with Gasteiger partial charge in [0, 0.05) is 0 Å². The Kier molecular flexibility index (Phi) is 11.8. The molecule has 0 amide bonds. The van der Waals surface area contributed by atoms with E-state index in [0.29, 0.717) is 0 Å². The molecule has 0 radical (unpaired) electrons. The molecular weight excluding hydrogens is 799 g/mol. The molecular formula is C53H56Cl2Zr. The first-order valence-electron chi connectivity index (χ1n) is 19.8. The van der Waals surface area contributed by atoms with Crippen LogP contribution in [0.4, 0.5) is 0 Å². The molecule has 6 aromatic rings.